The van der Waals surface area contributed by atoms with Gasteiger partial charge in [0.2, 0.25) is 0 Å². The van der Waals surface area contributed by atoms with E-state index in [0.29, 0.717) is 0 Å². The van der Waals surface area contributed by atoms with Crippen LogP contribution in [0.3, 0.4) is 0 Å². The topological polar surface area (TPSA) is 24.1 Å². The molecule has 0 spiro atoms. The Labute approximate surface area is 195 Å². The molecule has 4 rings (SSSR count). The summed E-state index contributed by atoms with van der Waals surface area (Å²) in [6, 6.07) is 0. The van der Waals surface area contributed by atoms with Crippen molar-refractivity contribution in [2.45, 2.75) is 122 Å². The molecule has 0 aromatic heterocycles. The zero-order chi connectivity index (χ0) is 22.2. The summed E-state index contributed by atoms with van der Waals surface area (Å²) in [5.74, 6) is 7.25. The summed E-state index contributed by atoms with van der Waals surface area (Å²) in [4.78, 5) is 3.84. The van der Waals surface area contributed by atoms with E-state index in [4.69, 9.17) is 0 Å². The third kappa shape index (κ3) is 5.45. The van der Waals surface area contributed by atoms with Gasteiger partial charge < -0.3 is 10.3 Å². The van der Waals surface area contributed by atoms with Crippen LogP contribution in [0.1, 0.15) is 97.8 Å². The van der Waals surface area contributed by atoms with Crippen molar-refractivity contribution in [1.29, 1.82) is 0 Å². The molecule has 2 N–H and O–H groups in total. The maximum atomic E-state index is 3.88. The number of fused-ring (bicyclic) bond motifs is 2. The maximum Gasteiger partial charge on any atom is 0.122 e. The van der Waals surface area contributed by atoms with Gasteiger partial charge in [-0.25, -0.2) is 0 Å². The standard InChI is InChI=1S/C28H54N2Si/c1-28(2,3)30-19-22-17-20(23-11-7-8-13-25(22)23)15-16-21-18-27(31(5,6)29-4)26-14-10-9-12-24(21)26/h20-27,29-30H,7-19H2,1-6H3. The summed E-state index contributed by atoms with van der Waals surface area (Å²) in [5.41, 5.74) is 1.30. The molecule has 0 radical (unpaired) electrons. The van der Waals surface area contributed by atoms with E-state index in [1.54, 1.807) is 38.5 Å². The minimum Gasteiger partial charge on any atom is -0.340 e. The fourth-order valence-corrected chi connectivity index (χ4v) is 11.6. The maximum absolute atomic E-state index is 3.88. The van der Waals surface area contributed by atoms with Crippen molar-refractivity contribution < 1.29 is 0 Å². The highest BCUT2D eigenvalue weighted by Gasteiger charge is 2.50. The van der Waals surface area contributed by atoms with Crippen LogP contribution in [0, 0.1) is 41.4 Å². The molecule has 31 heavy (non-hydrogen) atoms. The molecule has 0 heterocycles. The van der Waals surface area contributed by atoms with Crippen molar-refractivity contribution >= 4 is 8.24 Å². The van der Waals surface area contributed by atoms with Crippen molar-refractivity contribution in [2.24, 2.45) is 41.4 Å². The Hall–Kier alpha value is 0.137. The van der Waals surface area contributed by atoms with Crippen molar-refractivity contribution in [2.75, 3.05) is 13.6 Å². The molecule has 8 unspecified atom stereocenters. The first kappa shape index (κ1) is 24.3. The van der Waals surface area contributed by atoms with E-state index in [9.17, 15) is 0 Å². The van der Waals surface area contributed by atoms with Gasteiger partial charge in [-0.1, -0.05) is 45.2 Å². The van der Waals surface area contributed by atoms with Crippen molar-refractivity contribution in [3.05, 3.63) is 0 Å². The highest BCUT2D eigenvalue weighted by molar-refractivity contribution is 6.76. The monoisotopic (exact) mass is 446 g/mol. The van der Waals surface area contributed by atoms with Gasteiger partial charge in [-0.05, 0) is 126 Å². The molecule has 4 aliphatic rings. The molecule has 0 bridgehead atoms. The van der Waals surface area contributed by atoms with Crippen molar-refractivity contribution in [3.63, 3.8) is 0 Å². The van der Waals surface area contributed by atoms with E-state index in [0.717, 1.165) is 47.0 Å². The summed E-state index contributed by atoms with van der Waals surface area (Å²) in [7, 11) is 0.974. The molecule has 8 atom stereocenters. The molecule has 0 saturated heterocycles. The highest BCUT2D eigenvalue weighted by atomic mass is 28.3. The molecular formula is C28H54N2Si. The molecule has 4 aliphatic carbocycles. The van der Waals surface area contributed by atoms with Crippen LogP contribution in [0.4, 0.5) is 0 Å². The highest BCUT2D eigenvalue weighted by Crippen LogP contribution is 2.58. The second-order valence-electron chi connectivity index (χ2n) is 13.8. The van der Waals surface area contributed by atoms with E-state index in [2.05, 4.69) is 51.2 Å². The lowest BCUT2D eigenvalue weighted by atomic mass is 9.73. The van der Waals surface area contributed by atoms with Crippen LogP contribution in [-0.4, -0.2) is 27.4 Å². The minimum atomic E-state index is -1.28. The molecule has 180 valence electrons. The smallest absolute Gasteiger partial charge is 0.122 e. The number of hydrogen-bond acceptors (Lipinski definition) is 2. The average molecular weight is 447 g/mol. The second kappa shape index (κ2) is 9.78. The van der Waals surface area contributed by atoms with Gasteiger partial charge in [0, 0.05) is 5.54 Å². The quantitative estimate of drug-likeness (QED) is 0.403. The third-order valence-corrected chi connectivity index (χ3v) is 14.4. The van der Waals surface area contributed by atoms with Gasteiger partial charge in [0.05, 0.1) is 0 Å². The zero-order valence-corrected chi connectivity index (χ0v) is 22.8. The normalized spacial score (nSPS) is 41.2. The summed E-state index contributed by atoms with van der Waals surface area (Å²) in [6.45, 7) is 13.5. The molecule has 3 heteroatoms. The van der Waals surface area contributed by atoms with E-state index in [1.165, 1.54) is 45.1 Å². The predicted octanol–water partition coefficient (Wildman–Crippen LogP) is 7.22. The molecule has 2 nitrogen and oxygen atoms in total. The lowest BCUT2D eigenvalue weighted by Crippen LogP contribution is -2.48. The SMILES string of the molecule is CN[Si](C)(C)C1CC(CCC2CC(CNC(C)(C)C)C3CCCCC23)C2CCCCC21. The van der Waals surface area contributed by atoms with Crippen LogP contribution in [0.2, 0.25) is 18.6 Å². The fourth-order valence-electron chi connectivity index (χ4n) is 8.83. The van der Waals surface area contributed by atoms with E-state index >= 15 is 0 Å². The molecule has 0 amide bonds. The predicted molar refractivity (Wildman–Crippen MR) is 138 cm³/mol. The Balaban J connectivity index is 1.38. The largest absolute Gasteiger partial charge is 0.340 e. The van der Waals surface area contributed by atoms with Crippen LogP contribution in [-0.2, 0) is 0 Å². The van der Waals surface area contributed by atoms with Gasteiger partial charge in [-0.2, -0.15) is 0 Å². The van der Waals surface area contributed by atoms with Crippen molar-refractivity contribution in [3.8, 4) is 0 Å². The fraction of sp³-hybridized carbons (Fsp3) is 1.00. The molecule has 0 aliphatic heterocycles. The van der Waals surface area contributed by atoms with Crippen LogP contribution >= 0.6 is 0 Å². The minimum absolute atomic E-state index is 0.265. The lowest BCUT2D eigenvalue weighted by molar-refractivity contribution is 0.176. The summed E-state index contributed by atoms with van der Waals surface area (Å²) < 4.78 is 0. The molecule has 4 fully saturated rings. The van der Waals surface area contributed by atoms with Gasteiger partial charge in [-0.15, -0.1) is 0 Å². The molecular weight excluding hydrogens is 392 g/mol. The lowest BCUT2D eigenvalue weighted by Gasteiger charge is -2.37. The zero-order valence-electron chi connectivity index (χ0n) is 21.8. The summed E-state index contributed by atoms with van der Waals surface area (Å²) in [6.07, 6.45) is 18.4. The first-order valence-electron chi connectivity index (χ1n) is 14.1. The van der Waals surface area contributed by atoms with Gasteiger partial charge in [0.1, 0.15) is 8.24 Å². The summed E-state index contributed by atoms with van der Waals surface area (Å²) in [5, 5.41) is 3.88. The molecule has 0 aromatic rings. The Morgan fingerprint density at radius 3 is 1.74 bits per heavy atom. The van der Waals surface area contributed by atoms with E-state index in [-0.39, 0.29) is 5.54 Å². The second-order valence-corrected chi connectivity index (χ2v) is 18.4. The average Bonchev–Trinajstić information content (AvgIpc) is 3.29. The Morgan fingerprint density at radius 2 is 1.19 bits per heavy atom. The third-order valence-electron chi connectivity index (χ3n) is 10.6. The number of nitrogens with one attached hydrogen (secondary N) is 2. The first-order valence-corrected chi connectivity index (χ1v) is 17.2. The number of hydrogen-bond donors (Lipinski definition) is 2. The Kier molecular flexibility index (Phi) is 7.66. The van der Waals surface area contributed by atoms with E-state index in [1.807, 2.05) is 0 Å². The van der Waals surface area contributed by atoms with Gasteiger partial charge >= 0.3 is 0 Å². The van der Waals surface area contributed by atoms with Crippen LogP contribution in [0.5, 0.6) is 0 Å². The van der Waals surface area contributed by atoms with Crippen LogP contribution < -0.4 is 10.3 Å². The van der Waals surface area contributed by atoms with Crippen molar-refractivity contribution in [1.82, 2.24) is 10.3 Å². The van der Waals surface area contributed by atoms with Gasteiger partial charge in [-0.3, -0.25) is 0 Å². The summed E-state index contributed by atoms with van der Waals surface area (Å²) >= 11 is 0. The Bertz CT molecular complexity index is 582. The van der Waals surface area contributed by atoms with E-state index < -0.39 is 8.24 Å². The first-order chi connectivity index (χ1) is 14.7. The van der Waals surface area contributed by atoms with Crippen LogP contribution in [0.15, 0.2) is 0 Å². The van der Waals surface area contributed by atoms with Gasteiger partial charge in [0.15, 0.2) is 0 Å². The molecule has 4 saturated carbocycles. The van der Waals surface area contributed by atoms with Gasteiger partial charge in [0.25, 0.3) is 0 Å². The van der Waals surface area contributed by atoms with Crippen LogP contribution in [0.25, 0.3) is 0 Å². The molecule has 0 aromatic carbocycles. The number of rotatable bonds is 7. The Morgan fingerprint density at radius 1 is 0.710 bits per heavy atom.